The third kappa shape index (κ3) is 3.53. The zero-order chi connectivity index (χ0) is 11.3. The summed E-state index contributed by atoms with van der Waals surface area (Å²) in [6.45, 7) is 4.19. The van der Waals surface area contributed by atoms with E-state index >= 15 is 0 Å². The number of aromatic nitrogens is 2. The largest absolute Gasteiger partial charge is 0.465 e. The van der Waals surface area contributed by atoms with Gasteiger partial charge in [-0.3, -0.25) is 4.79 Å². The number of nitrogens with zero attached hydrogens (tertiary/aromatic N) is 3. The average molecular weight is 209 g/mol. The van der Waals surface area contributed by atoms with Gasteiger partial charge in [-0.05, 0) is 19.9 Å². The molecule has 0 fully saturated rings. The summed E-state index contributed by atoms with van der Waals surface area (Å²) in [5, 5.41) is 0. The fraction of sp³-hybridized carbons (Fsp3) is 0.500. The van der Waals surface area contributed by atoms with Gasteiger partial charge >= 0.3 is 5.97 Å². The highest BCUT2D eigenvalue weighted by Crippen LogP contribution is 2.06. The normalized spacial score (nSPS) is 9.80. The molecule has 0 aliphatic rings. The number of carbonyl (C=O) groups is 1. The minimum absolute atomic E-state index is 0.199. The van der Waals surface area contributed by atoms with Gasteiger partial charge in [0.1, 0.15) is 18.2 Å². The molecule has 0 radical (unpaired) electrons. The highest BCUT2D eigenvalue weighted by atomic mass is 16.5. The molecule has 1 heterocycles. The molecule has 0 aliphatic heterocycles. The summed E-state index contributed by atoms with van der Waals surface area (Å²) in [7, 11) is 1.79. The van der Waals surface area contributed by atoms with Crippen molar-refractivity contribution in [2.75, 3.05) is 25.1 Å². The van der Waals surface area contributed by atoms with Gasteiger partial charge in [0.2, 0.25) is 0 Å². The lowest BCUT2D eigenvalue weighted by molar-refractivity contribution is -0.141. The molecule has 0 unspecified atom stereocenters. The van der Waals surface area contributed by atoms with Crippen molar-refractivity contribution < 1.29 is 9.53 Å². The monoisotopic (exact) mass is 209 g/mol. The summed E-state index contributed by atoms with van der Waals surface area (Å²) in [6.07, 6.45) is 1.67. The fourth-order valence-corrected chi connectivity index (χ4v) is 1.14. The molecule has 0 bridgehead atoms. The van der Waals surface area contributed by atoms with Crippen molar-refractivity contribution >= 4 is 11.8 Å². The molecule has 15 heavy (non-hydrogen) atoms. The van der Waals surface area contributed by atoms with E-state index in [1.165, 1.54) is 0 Å². The molecule has 0 aromatic carbocycles. The van der Waals surface area contributed by atoms with Crippen LogP contribution in [-0.2, 0) is 9.53 Å². The van der Waals surface area contributed by atoms with Crippen LogP contribution in [0, 0.1) is 6.92 Å². The standard InChI is InChI=1S/C10H15N3O2/c1-4-15-10(14)7-13(3)9-5-6-11-8(2)12-9/h5-6H,4,7H2,1-3H3. The van der Waals surface area contributed by atoms with Crippen LogP contribution in [0.25, 0.3) is 0 Å². The molecular weight excluding hydrogens is 194 g/mol. The quantitative estimate of drug-likeness (QED) is 0.686. The Balaban J connectivity index is 2.60. The molecule has 1 aromatic rings. The number of likely N-dealkylation sites (N-methyl/N-ethyl adjacent to an activating group) is 1. The van der Waals surface area contributed by atoms with E-state index in [9.17, 15) is 4.79 Å². The van der Waals surface area contributed by atoms with Crippen LogP contribution in [0.15, 0.2) is 12.3 Å². The van der Waals surface area contributed by atoms with Crippen molar-refractivity contribution in [2.45, 2.75) is 13.8 Å². The maximum absolute atomic E-state index is 11.2. The highest BCUT2D eigenvalue weighted by Gasteiger charge is 2.08. The lowest BCUT2D eigenvalue weighted by atomic mass is 10.4. The lowest BCUT2D eigenvalue weighted by Crippen LogP contribution is -2.27. The first-order valence-corrected chi connectivity index (χ1v) is 4.80. The van der Waals surface area contributed by atoms with Crippen LogP contribution in [-0.4, -0.2) is 36.1 Å². The number of hydrogen-bond acceptors (Lipinski definition) is 5. The third-order valence-electron chi connectivity index (χ3n) is 1.82. The van der Waals surface area contributed by atoms with Crippen LogP contribution in [0.1, 0.15) is 12.7 Å². The van der Waals surface area contributed by atoms with Crippen LogP contribution in [0.4, 0.5) is 5.82 Å². The minimum atomic E-state index is -0.253. The maximum Gasteiger partial charge on any atom is 0.325 e. The Kier molecular flexibility index (Phi) is 4.03. The van der Waals surface area contributed by atoms with E-state index in [-0.39, 0.29) is 12.5 Å². The number of aryl methyl sites for hydroxylation is 1. The van der Waals surface area contributed by atoms with Gasteiger partial charge in [-0.15, -0.1) is 0 Å². The minimum Gasteiger partial charge on any atom is -0.465 e. The third-order valence-corrected chi connectivity index (χ3v) is 1.82. The van der Waals surface area contributed by atoms with Gasteiger partial charge in [0.05, 0.1) is 6.61 Å². The predicted molar refractivity (Wildman–Crippen MR) is 56.7 cm³/mol. The fourth-order valence-electron chi connectivity index (χ4n) is 1.14. The van der Waals surface area contributed by atoms with Gasteiger partial charge in [0, 0.05) is 13.2 Å². The first-order chi connectivity index (χ1) is 7.13. The van der Waals surface area contributed by atoms with E-state index < -0.39 is 0 Å². The van der Waals surface area contributed by atoms with Crippen LogP contribution in [0.5, 0.6) is 0 Å². The Labute approximate surface area is 89.1 Å². The average Bonchev–Trinajstić information content (AvgIpc) is 2.18. The van der Waals surface area contributed by atoms with Crippen LogP contribution in [0.3, 0.4) is 0 Å². The maximum atomic E-state index is 11.2. The Hall–Kier alpha value is -1.65. The molecule has 82 valence electrons. The number of esters is 1. The van der Waals surface area contributed by atoms with Gasteiger partial charge in [0.15, 0.2) is 0 Å². The summed E-state index contributed by atoms with van der Waals surface area (Å²) < 4.78 is 4.84. The Morgan fingerprint density at radius 3 is 2.93 bits per heavy atom. The molecule has 0 atom stereocenters. The van der Waals surface area contributed by atoms with E-state index in [2.05, 4.69) is 9.97 Å². The van der Waals surface area contributed by atoms with Crippen LogP contribution in [0.2, 0.25) is 0 Å². The molecule has 5 heteroatoms. The summed E-state index contributed by atoms with van der Waals surface area (Å²) in [5.74, 6) is 1.15. The number of anilines is 1. The Morgan fingerprint density at radius 2 is 2.33 bits per heavy atom. The molecule has 0 saturated heterocycles. The molecule has 0 saturated carbocycles. The molecule has 0 spiro atoms. The Morgan fingerprint density at radius 1 is 1.60 bits per heavy atom. The van der Waals surface area contributed by atoms with Crippen molar-refractivity contribution in [1.29, 1.82) is 0 Å². The summed E-state index contributed by atoms with van der Waals surface area (Å²) in [5.41, 5.74) is 0. The lowest BCUT2D eigenvalue weighted by Gasteiger charge is -2.16. The molecule has 1 rings (SSSR count). The second-order valence-corrected chi connectivity index (χ2v) is 3.12. The van der Waals surface area contributed by atoms with Gasteiger partial charge in [-0.25, -0.2) is 9.97 Å². The molecule has 0 N–H and O–H groups in total. The number of ether oxygens (including phenoxy) is 1. The number of hydrogen-bond donors (Lipinski definition) is 0. The van der Waals surface area contributed by atoms with Gasteiger partial charge in [-0.1, -0.05) is 0 Å². The smallest absolute Gasteiger partial charge is 0.325 e. The predicted octanol–water partition coefficient (Wildman–Crippen LogP) is 0.784. The SMILES string of the molecule is CCOC(=O)CN(C)c1ccnc(C)n1. The van der Waals surface area contributed by atoms with E-state index in [4.69, 9.17) is 4.74 Å². The summed E-state index contributed by atoms with van der Waals surface area (Å²) in [6, 6.07) is 1.76. The van der Waals surface area contributed by atoms with Crippen molar-refractivity contribution in [1.82, 2.24) is 9.97 Å². The van der Waals surface area contributed by atoms with Gasteiger partial charge in [-0.2, -0.15) is 0 Å². The van der Waals surface area contributed by atoms with Gasteiger partial charge in [0.25, 0.3) is 0 Å². The summed E-state index contributed by atoms with van der Waals surface area (Å²) in [4.78, 5) is 21.1. The van der Waals surface area contributed by atoms with Crippen LogP contribution >= 0.6 is 0 Å². The zero-order valence-corrected chi connectivity index (χ0v) is 9.23. The second kappa shape index (κ2) is 5.29. The van der Waals surface area contributed by atoms with Crippen molar-refractivity contribution in [3.8, 4) is 0 Å². The van der Waals surface area contributed by atoms with Crippen molar-refractivity contribution in [3.05, 3.63) is 18.1 Å². The first-order valence-electron chi connectivity index (χ1n) is 4.80. The van der Waals surface area contributed by atoms with E-state index in [0.29, 0.717) is 12.4 Å². The molecular formula is C10H15N3O2. The van der Waals surface area contributed by atoms with Gasteiger partial charge < -0.3 is 9.64 Å². The molecule has 0 amide bonds. The van der Waals surface area contributed by atoms with E-state index in [1.807, 2.05) is 6.92 Å². The van der Waals surface area contributed by atoms with Crippen LogP contribution < -0.4 is 4.90 Å². The van der Waals surface area contributed by atoms with E-state index in [1.54, 1.807) is 31.1 Å². The van der Waals surface area contributed by atoms with Crippen molar-refractivity contribution in [3.63, 3.8) is 0 Å². The Bertz CT molecular complexity index is 341. The highest BCUT2D eigenvalue weighted by molar-refractivity contribution is 5.75. The number of rotatable bonds is 4. The van der Waals surface area contributed by atoms with E-state index in [0.717, 1.165) is 5.82 Å². The molecule has 0 aliphatic carbocycles. The number of carbonyl (C=O) groups excluding carboxylic acids is 1. The molecule has 1 aromatic heterocycles. The first kappa shape index (κ1) is 11.4. The zero-order valence-electron chi connectivity index (χ0n) is 9.23. The summed E-state index contributed by atoms with van der Waals surface area (Å²) >= 11 is 0. The topological polar surface area (TPSA) is 55.3 Å². The van der Waals surface area contributed by atoms with Crippen molar-refractivity contribution in [2.24, 2.45) is 0 Å². The second-order valence-electron chi connectivity index (χ2n) is 3.12. The molecule has 5 nitrogen and oxygen atoms in total.